The Bertz CT molecular complexity index is 599. The van der Waals surface area contributed by atoms with Crippen LogP contribution in [0.25, 0.3) is 0 Å². The molecule has 1 atom stereocenters. The van der Waals surface area contributed by atoms with E-state index < -0.39 is 12.2 Å². The van der Waals surface area contributed by atoms with Crippen molar-refractivity contribution in [3.63, 3.8) is 0 Å². The number of hydrogen-bond donors (Lipinski definition) is 2. The van der Waals surface area contributed by atoms with Gasteiger partial charge >= 0.3 is 12.2 Å². The lowest BCUT2D eigenvalue weighted by atomic mass is 10.2. The number of rotatable bonds is 8. The zero-order valence-corrected chi connectivity index (χ0v) is 14.1. The van der Waals surface area contributed by atoms with Crippen molar-refractivity contribution in [3.8, 4) is 0 Å². The van der Waals surface area contributed by atoms with E-state index in [4.69, 9.17) is 9.47 Å². The van der Waals surface area contributed by atoms with Crippen LogP contribution in [0.4, 0.5) is 21.0 Å². The third kappa shape index (κ3) is 7.00. The van der Waals surface area contributed by atoms with Crippen molar-refractivity contribution in [2.24, 2.45) is 5.92 Å². The fourth-order valence-corrected chi connectivity index (χ4v) is 1.64. The molecule has 24 heavy (non-hydrogen) atoms. The van der Waals surface area contributed by atoms with Crippen LogP contribution in [0.15, 0.2) is 43.5 Å². The number of carbonyl (C=O) groups excluding carboxylic acids is 2. The van der Waals surface area contributed by atoms with Gasteiger partial charge in [0, 0.05) is 17.3 Å². The zero-order chi connectivity index (χ0) is 17.9. The van der Waals surface area contributed by atoms with Gasteiger partial charge in [0.2, 0.25) is 0 Å². The van der Waals surface area contributed by atoms with E-state index >= 15 is 0 Å². The molecular formula is C18H24N2O4. The van der Waals surface area contributed by atoms with Crippen LogP contribution in [-0.2, 0) is 9.47 Å². The van der Waals surface area contributed by atoms with Crippen LogP contribution >= 0.6 is 0 Å². The first-order chi connectivity index (χ1) is 11.5. The molecule has 1 aromatic carbocycles. The maximum absolute atomic E-state index is 11.8. The third-order valence-electron chi connectivity index (χ3n) is 3.16. The fourth-order valence-electron chi connectivity index (χ4n) is 1.64. The van der Waals surface area contributed by atoms with Gasteiger partial charge in [-0.3, -0.25) is 10.6 Å². The highest BCUT2D eigenvalue weighted by atomic mass is 16.6. The Kier molecular flexibility index (Phi) is 8.11. The first-order valence-corrected chi connectivity index (χ1v) is 7.68. The fraction of sp³-hybridized carbons (Fsp3) is 0.333. The molecule has 0 aliphatic heterocycles. The van der Waals surface area contributed by atoms with E-state index in [-0.39, 0.29) is 19.1 Å². The second kappa shape index (κ2) is 10.1. The molecule has 130 valence electrons. The molecule has 2 N–H and O–H groups in total. The molecule has 0 bridgehead atoms. The molecule has 0 aliphatic carbocycles. The molecule has 0 heterocycles. The van der Waals surface area contributed by atoms with Crippen LogP contribution in [0.3, 0.4) is 0 Å². The van der Waals surface area contributed by atoms with E-state index in [1.54, 1.807) is 30.4 Å². The molecule has 0 aliphatic rings. The van der Waals surface area contributed by atoms with Crippen LogP contribution in [-0.4, -0.2) is 25.4 Å². The summed E-state index contributed by atoms with van der Waals surface area (Å²) < 4.78 is 10.1. The van der Waals surface area contributed by atoms with Crippen LogP contribution in [0.2, 0.25) is 0 Å². The van der Waals surface area contributed by atoms with E-state index in [9.17, 15) is 9.59 Å². The first kappa shape index (κ1) is 19.3. The molecule has 2 amide bonds. The Labute approximate surface area is 142 Å². The predicted octanol–water partition coefficient (Wildman–Crippen LogP) is 4.49. The van der Waals surface area contributed by atoms with E-state index in [1.807, 2.05) is 13.8 Å². The molecule has 0 spiro atoms. The first-order valence-electron chi connectivity index (χ1n) is 7.68. The molecule has 0 saturated carbocycles. The van der Waals surface area contributed by atoms with Crippen molar-refractivity contribution in [3.05, 3.63) is 49.1 Å². The number of anilines is 2. The van der Waals surface area contributed by atoms with E-state index in [2.05, 4.69) is 23.8 Å². The Hall–Kier alpha value is -2.76. The van der Waals surface area contributed by atoms with Gasteiger partial charge in [-0.2, -0.15) is 0 Å². The lowest BCUT2D eigenvalue weighted by Gasteiger charge is -2.13. The number of aryl methyl sites for hydroxylation is 1. The number of ether oxygens (including phenoxy) is 2. The number of benzene rings is 1. The Morgan fingerprint density at radius 1 is 1.21 bits per heavy atom. The molecule has 1 aromatic rings. The lowest BCUT2D eigenvalue weighted by Crippen LogP contribution is -2.18. The summed E-state index contributed by atoms with van der Waals surface area (Å²) in [5.41, 5.74) is 1.91. The molecule has 6 heteroatoms. The maximum atomic E-state index is 11.8. The van der Waals surface area contributed by atoms with Crippen molar-refractivity contribution < 1.29 is 19.1 Å². The van der Waals surface area contributed by atoms with Gasteiger partial charge in [0.15, 0.2) is 0 Å². The van der Waals surface area contributed by atoms with Crippen molar-refractivity contribution in [1.82, 2.24) is 0 Å². The maximum Gasteiger partial charge on any atom is 0.411 e. The average Bonchev–Trinajstić information content (AvgIpc) is 2.56. The zero-order valence-electron chi connectivity index (χ0n) is 14.1. The number of amides is 2. The highest BCUT2D eigenvalue weighted by Crippen LogP contribution is 2.20. The monoisotopic (exact) mass is 332 g/mol. The molecular weight excluding hydrogens is 308 g/mol. The summed E-state index contributed by atoms with van der Waals surface area (Å²) in [6.45, 7) is 11.4. The van der Waals surface area contributed by atoms with Crippen molar-refractivity contribution in [2.45, 2.75) is 20.3 Å². The summed E-state index contributed by atoms with van der Waals surface area (Å²) in [6, 6.07) is 5.14. The van der Waals surface area contributed by atoms with Gasteiger partial charge in [0.25, 0.3) is 0 Å². The second-order valence-corrected chi connectivity index (χ2v) is 5.30. The summed E-state index contributed by atoms with van der Waals surface area (Å²) in [7, 11) is 0. The van der Waals surface area contributed by atoms with Crippen LogP contribution in [0, 0.1) is 12.8 Å². The normalized spacial score (nSPS) is 11.1. The van der Waals surface area contributed by atoms with Gasteiger partial charge in [-0.15, -0.1) is 13.2 Å². The summed E-state index contributed by atoms with van der Waals surface area (Å²) >= 11 is 0. The standard InChI is InChI=1S/C18H24N2O4/c1-5-7-10-23-17(21)19-15-9-8-14(4)16(11-15)20-18(22)24-12-13(3)6-2/h5-6,8-9,11,13H,1-2,7,10,12H2,3-4H3,(H,19,21)(H,20,22). The van der Waals surface area contributed by atoms with Gasteiger partial charge in [0.05, 0.1) is 13.2 Å². The topological polar surface area (TPSA) is 76.7 Å². The summed E-state index contributed by atoms with van der Waals surface area (Å²) in [5, 5.41) is 5.25. The lowest BCUT2D eigenvalue weighted by molar-refractivity contribution is 0.152. The molecule has 0 fully saturated rings. The second-order valence-electron chi connectivity index (χ2n) is 5.30. The van der Waals surface area contributed by atoms with Gasteiger partial charge < -0.3 is 9.47 Å². The summed E-state index contributed by atoms with van der Waals surface area (Å²) in [6.07, 6.45) is 2.84. The summed E-state index contributed by atoms with van der Waals surface area (Å²) in [4.78, 5) is 23.4. The molecule has 6 nitrogen and oxygen atoms in total. The minimum absolute atomic E-state index is 0.0789. The Morgan fingerprint density at radius 3 is 2.58 bits per heavy atom. The summed E-state index contributed by atoms with van der Waals surface area (Å²) in [5.74, 6) is 0.0789. The molecule has 0 saturated heterocycles. The largest absolute Gasteiger partial charge is 0.449 e. The molecule has 1 unspecified atom stereocenters. The van der Waals surface area contributed by atoms with E-state index in [0.717, 1.165) is 5.56 Å². The van der Waals surface area contributed by atoms with Gasteiger partial charge in [-0.25, -0.2) is 9.59 Å². The smallest absolute Gasteiger partial charge is 0.411 e. The third-order valence-corrected chi connectivity index (χ3v) is 3.16. The highest BCUT2D eigenvalue weighted by Gasteiger charge is 2.09. The van der Waals surface area contributed by atoms with Gasteiger partial charge in [0.1, 0.15) is 0 Å². The van der Waals surface area contributed by atoms with E-state index in [1.165, 1.54) is 0 Å². The van der Waals surface area contributed by atoms with Gasteiger partial charge in [-0.05, 0) is 31.0 Å². The van der Waals surface area contributed by atoms with E-state index in [0.29, 0.717) is 17.8 Å². The Balaban J connectivity index is 2.62. The van der Waals surface area contributed by atoms with Crippen LogP contribution < -0.4 is 10.6 Å². The minimum Gasteiger partial charge on any atom is -0.449 e. The number of hydrogen-bond acceptors (Lipinski definition) is 4. The van der Waals surface area contributed by atoms with Crippen molar-refractivity contribution in [1.29, 1.82) is 0 Å². The molecule has 0 aromatic heterocycles. The SMILES string of the molecule is C=CCCOC(=O)Nc1ccc(C)c(NC(=O)OCC(C)C=C)c1. The number of nitrogens with one attached hydrogen (secondary N) is 2. The number of carbonyl (C=O) groups is 2. The minimum atomic E-state index is -0.561. The molecule has 1 rings (SSSR count). The average molecular weight is 332 g/mol. The highest BCUT2D eigenvalue weighted by molar-refractivity contribution is 5.89. The van der Waals surface area contributed by atoms with Crippen molar-refractivity contribution in [2.75, 3.05) is 23.8 Å². The van der Waals surface area contributed by atoms with Crippen molar-refractivity contribution >= 4 is 23.6 Å². The van der Waals surface area contributed by atoms with Crippen LogP contribution in [0.1, 0.15) is 18.9 Å². The van der Waals surface area contributed by atoms with Crippen LogP contribution in [0.5, 0.6) is 0 Å². The van der Waals surface area contributed by atoms with Gasteiger partial charge in [-0.1, -0.05) is 25.1 Å². The quantitative estimate of drug-likeness (QED) is 0.543. The molecule has 0 radical (unpaired) electrons. The Morgan fingerprint density at radius 2 is 1.92 bits per heavy atom. The predicted molar refractivity (Wildman–Crippen MR) is 95.3 cm³/mol.